The number of amides is 1. The summed E-state index contributed by atoms with van der Waals surface area (Å²) in [6.45, 7) is 0.364. The van der Waals surface area contributed by atoms with Gasteiger partial charge in [-0.15, -0.1) is 0 Å². The average Bonchev–Trinajstić information content (AvgIpc) is 2.92. The van der Waals surface area contributed by atoms with Crippen LogP contribution in [0.3, 0.4) is 0 Å². The molecule has 0 saturated carbocycles. The summed E-state index contributed by atoms with van der Waals surface area (Å²) in [7, 11) is 0. The second-order valence-electron chi connectivity index (χ2n) is 9.02. The lowest BCUT2D eigenvalue weighted by Crippen LogP contribution is -2.55. The lowest BCUT2D eigenvalue weighted by atomic mass is 9.78. The highest BCUT2D eigenvalue weighted by Crippen LogP contribution is 2.48. The van der Waals surface area contributed by atoms with Gasteiger partial charge in [-0.05, 0) is 66.6 Å². The fraction of sp³-hybridized carbons (Fsp3) is 0.161. The summed E-state index contributed by atoms with van der Waals surface area (Å²) in [4.78, 5) is 27.7. The van der Waals surface area contributed by atoms with Gasteiger partial charge in [-0.3, -0.25) is 9.59 Å². The summed E-state index contributed by atoms with van der Waals surface area (Å²) in [6.07, 6.45) is 0.466. The number of halogens is 2. The summed E-state index contributed by atoms with van der Waals surface area (Å²) < 4.78 is 33.0. The van der Waals surface area contributed by atoms with Crippen LogP contribution in [0, 0.1) is 17.6 Å². The third-order valence-corrected chi connectivity index (χ3v) is 6.64. The number of nitrogens with zero attached hydrogens (tertiary/aromatic N) is 1. The van der Waals surface area contributed by atoms with E-state index in [-0.39, 0.29) is 30.0 Å². The molecule has 4 aromatic rings. The Bertz CT molecular complexity index is 1390. The topological polar surface area (TPSA) is 46.6 Å². The Hall–Kier alpha value is -4.32. The van der Waals surface area contributed by atoms with E-state index < -0.39 is 11.7 Å². The summed E-state index contributed by atoms with van der Waals surface area (Å²) in [5.41, 5.74) is 2.82. The van der Waals surface area contributed by atoms with E-state index in [9.17, 15) is 18.4 Å². The van der Waals surface area contributed by atoms with E-state index in [0.29, 0.717) is 30.0 Å². The van der Waals surface area contributed by atoms with Gasteiger partial charge in [0.15, 0.2) is 5.78 Å². The molecule has 1 heterocycles. The van der Waals surface area contributed by atoms with Crippen LogP contribution in [-0.2, 0) is 11.4 Å². The van der Waals surface area contributed by atoms with Crippen molar-refractivity contribution < 1.29 is 23.1 Å². The molecule has 4 nitrogen and oxygen atoms in total. The molecule has 1 fully saturated rings. The van der Waals surface area contributed by atoms with E-state index in [0.717, 1.165) is 11.1 Å². The van der Waals surface area contributed by atoms with Crippen LogP contribution in [0.2, 0.25) is 0 Å². The minimum atomic E-state index is -0.462. The van der Waals surface area contributed by atoms with Crippen molar-refractivity contribution >= 4 is 17.4 Å². The van der Waals surface area contributed by atoms with Gasteiger partial charge in [0.2, 0.25) is 5.91 Å². The van der Waals surface area contributed by atoms with Crippen LogP contribution in [0.4, 0.5) is 14.5 Å². The minimum absolute atomic E-state index is 0.138. The number of anilines is 1. The fourth-order valence-electron chi connectivity index (χ4n) is 4.73. The number of hydrogen-bond donors (Lipinski definition) is 0. The van der Waals surface area contributed by atoms with Gasteiger partial charge >= 0.3 is 0 Å². The van der Waals surface area contributed by atoms with Crippen molar-refractivity contribution in [3.05, 3.63) is 131 Å². The van der Waals surface area contributed by atoms with Crippen LogP contribution in [0.15, 0.2) is 103 Å². The van der Waals surface area contributed by atoms with Crippen molar-refractivity contribution in [2.24, 2.45) is 5.92 Å². The van der Waals surface area contributed by atoms with E-state index in [1.807, 2.05) is 54.6 Å². The highest BCUT2D eigenvalue weighted by atomic mass is 19.1. The van der Waals surface area contributed by atoms with Crippen molar-refractivity contribution in [2.75, 3.05) is 4.90 Å². The van der Waals surface area contributed by atoms with Crippen molar-refractivity contribution in [3.8, 4) is 5.75 Å². The van der Waals surface area contributed by atoms with Crippen molar-refractivity contribution in [3.63, 3.8) is 0 Å². The zero-order chi connectivity index (χ0) is 25.8. The first-order chi connectivity index (χ1) is 18.0. The maximum Gasteiger partial charge on any atom is 0.233 e. The number of carbonyl (C=O) groups excluding carboxylic acids is 2. The standard InChI is InChI=1S/C31H25F2NO3/c32-23-12-10-22(11-13-23)28(35)19-18-27-30(34(31(27)36)25-16-14-24(33)15-17-25)26-8-4-5-9-29(26)37-20-21-6-2-1-3-7-21/h1-17,27,30H,18-20H2. The normalized spacial score (nSPS) is 16.8. The maximum atomic E-state index is 13.6. The molecule has 5 rings (SSSR count). The smallest absolute Gasteiger partial charge is 0.233 e. The molecule has 1 saturated heterocycles. The third-order valence-electron chi connectivity index (χ3n) is 6.64. The molecule has 1 aliphatic heterocycles. The van der Waals surface area contributed by atoms with Crippen LogP contribution < -0.4 is 9.64 Å². The molecule has 0 spiro atoms. The second kappa shape index (κ2) is 10.7. The number of carbonyl (C=O) groups is 2. The fourth-order valence-corrected chi connectivity index (χ4v) is 4.73. The van der Waals surface area contributed by atoms with Gasteiger partial charge in [-0.2, -0.15) is 0 Å². The largest absolute Gasteiger partial charge is 0.489 e. The lowest BCUT2D eigenvalue weighted by molar-refractivity contribution is -0.130. The summed E-state index contributed by atoms with van der Waals surface area (Å²) in [5.74, 6) is -0.905. The number of β-lactam (4-membered cyclic amide) rings is 1. The zero-order valence-corrected chi connectivity index (χ0v) is 20.0. The van der Waals surface area contributed by atoms with Crippen LogP contribution in [0.25, 0.3) is 0 Å². The quantitative estimate of drug-likeness (QED) is 0.186. The number of rotatable bonds is 9. The summed E-state index contributed by atoms with van der Waals surface area (Å²) >= 11 is 0. The third kappa shape index (κ3) is 5.28. The molecule has 0 aromatic heterocycles. The van der Waals surface area contributed by atoms with E-state index in [2.05, 4.69) is 0 Å². The van der Waals surface area contributed by atoms with Gasteiger partial charge < -0.3 is 9.64 Å². The van der Waals surface area contributed by atoms with E-state index in [4.69, 9.17) is 4.74 Å². The van der Waals surface area contributed by atoms with Crippen LogP contribution in [0.5, 0.6) is 5.75 Å². The van der Waals surface area contributed by atoms with Crippen molar-refractivity contribution in [1.29, 1.82) is 0 Å². The average molecular weight is 498 g/mol. The molecule has 0 aliphatic carbocycles. The number of hydrogen-bond acceptors (Lipinski definition) is 3. The Morgan fingerprint density at radius 1 is 0.784 bits per heavy atom. The van der Waals surface area contributed by atoms with E-state index in [1.54, 1.807) is 17.0 Å². The number of ether oxygens (including phenoxy) is 1. The molecule has 1 amide bonds. The Kier molecular flexibility index (Phi) is 7.08. The Balaban J connectivity index is 1.41. The molecule has 186 valence electrons. The molecule has 6 heteroatoms. The highest BCUT2D eigenvalue weighted by molar-refractivity contribution is 6.04. The second-order valence-corrected chi connectivity index (χ2v) is 9.02. The molecule has 2 unspecified atom stereocenters. The van der Waals surface area contributed by atoms with Gasteiger partial charge in [0.1, 0.15) is 24.0 Å². The Labute approximate surface area is 214 Å². The first kappa shape index (κ1) is 24.4. The van der Waals surface area contributed by atoms with Crippen molar-refractivity contribution in [1.82, 2.24) is 0 Å². The summed E-state index contributed by atoms with van der Waals surface area (Å²) in [5, 5.41) is 0. The lowest BCUT2D eigenvalue weighted by Gasteiger charge is -2.48. The number of para-hydroxylation sites is 1. The molecular formula is C31H25F2NO3. The highest BCUT2D eigenvalue weighted by Gasteiger charge is 2.49. The van der Waals surface area contributed by atoms with Gasteiger partial charge in [0, 0.05) is 23.2 Å². The molecule has 4 aromatic carbocycles. The molecule has 2 atom stereocenters. The molecule has 0 N–H and O–H groups in total. The predicted octanol–water partition coefficient (Wildman–Crippen LogP) is 6.91. The molecule has 0 radical (unpaired) electrons. The molecular weight excluding hydrogens is 472 g/mol. The first-order valence-corrected chi connectivity index (χ1v) is 12.1. The molecule has 37 heavy (non-hydrogen) atoms. The van der Waals surface area contributed by atoms with E-state index in [1.165, 1.54) is 36.4 Å². The van der Waals surface area contributed by atoms with E-state index >= 15 is 0 Å². The molecule has 0 bridgehead atoms. The van der Waals surface area contributed by atoms with Gasteiger partial charge in [-0.1, -0.05) is 48.5 Å². The van der Waals surface area contributed by atoms with Crippen molar-refractivity contribution in [2.45, 2.75) is 25.5 Å². The number of benzene rings is 4. The number of ketones is 1. The zero-order valence-electron chi connectivity index (χ0n) is 20.0. The van der Waals surface area contributed by atoms with Crippen LogP contribution in [0.1, 0.15) is 40.4 Å². The summed E-state index contributed by atoms with van der Waals surface area (Å²) in [6, 6.07) is 28.2. The van der Waals surface area contributed by atoms with Crippen LogP contribution in [-0.4, -0.2) is 11.7 Å². The Morgan fingerprint density at radius 2 is 1.41 bits per heavy atom. The minimum Gasteiger partial charge on any atom is -0.489 e. The Morgan fingerprint density at radius 3 is 2.11 bits per heavy atom. The maximum absolute atomic E-state index is 13.6. The predicted molar refractivity (Wildman–Crippen MR) is 137 cm³/mol. The van der Waals surface area contributed by atoms with Gasteiger partial charge in [0.25, 0.3) is 0 Å². The SMILES string of the molecule is O=C(CCC1C(=O)N(c2ccc(F)cc2)C1c1ccccc1OCc1ccccc1)c1ccc(F)cc1. The van der Waals surface area contributed by atoms with Crippen LogP contribution >= 0.6 is 0 Å². The molecule has 1 aliphatic rings. The number of Topliss-reactive ketones (excluding diaryl/α,β-unsaturated/α-hetero) is 1. The van der Waals surface area contributed by atoms with Gasteiger partial charge in [0.05, 0.1) is 12.0 Å². The monoisotopic (exact) mass is 497 g/mol. The van der Waals surface area contributed by atoms with Gasteiger partial charge in [-0.25, -0.2) is 8.78 Å². The first-order valence-electron chi connectivity index (χ1n) is 12.1.